The number of carbonyl (C=O) groups is 10. The maximum Gasteiger partial charge on any atom is 0.326 e. The second-order valence-electron chi connectivity index (χ2n) is 20.3. The number of rotatable bonds is 37. The summed E-state index contributed by atoms with van der Waals surface area (Å²) in [5.41, 5.74) is 18.4. The van der Waals surface area contributed by atoms with Gasteiger partial charge in [-0.15, -0.1) is 0 Å². The van der Waals surface area contributed by atoms with Crippen LogP contribution >= 0.6 is 0 Å². The molecule has 0 saturated heterocycles. The minimum absolute atomic E-state index is 0.0550. The first kappa shape index (κ1) is 67.9. The van der Waals surface area contributed by atoms with Crippen LogP contribution in [0.15, 0.2) is 54.6 Å². The van der Waals surface area contributed by atoms with Crippen LogP contribution in [0, 0.1) is 17.8 Å². The number of nitrogens with two attached hydrogens (primary N) is 3. The zero-order valence-electron chi connectivity index (χ0n) is 46.1. The summed E-state index contributed by atoms with van der Waals surface area (Å²) < 4.78 is 0. The van der Waals surface area contributed by atoms with Crippen LogP contribution in [-0.4, -0.2) is 154 Å². The predicted octanol–water partition coefficient (Wildman–Crippen LogP) is -1.06. The number of nitrogens with one attached hydrogen (secondary N) is 8. The lowest BCUT2D eigenvalue weighted by molar-refractivity contribution is -0.143. The molecule has 0 aliphatic carbocycles. The largest absolute Gasteiger partial charge is 0.508 e. The van der Waals surface area contributed by atoms with E-state index in [2.05, 4.69) is 42.5 Å². The molecule has 0 aliphatic heterocycles. The van der Waals surface area contributed by atoms with Crippen LogP contribution in [0.2, 0.25) is 0 Å². The minimum Gasteiger partial charge on any atom is -0.508 e. The van der Waals surface area contributed by atoms with Gasteiger partial charge in [-0.05, 0) is 92.6 Å². The summed E-state index contributed by atoms with van der Waals surface area (Å²) in [4.78, 5) is 135. The van der Waals surface area contributed by atoms with Gasteiger partial charge in [0.15, 0.2) is 0 Å². The third-order valence-electron chi connectivity index (χ3n) is 13.2. The van der Waals surface area contributed by atoms with Crippen molar-refractivity contribution in [2.75, 3.05) is 19.7 Å². The van der Waals surface area contributed by atoms with Crippen LogP contribution in [0.4, 0.5) is 0 Å². The number of carboxylic acid groups (broad SMARTS) is 2. The molecule has 18 N–H and O–H groups in total. The highest BCUT2D eigenvalue weighted by Crippen LogP contribution is 2.16. The van der Waals surface area contributed by atoms with E-state index in [9.17, 15) is 68.4 Å². The first-order valence-electron chi connectivity index (χ1n) is 26.8. The van der Waals surface area contributed by atoms with E-state index in [0.29, 0.717) is 49.8 Å². The summed E-state index contributed by atoms with van der Waals surface area (Å²) in [6, 6.07) is 1.96. The smallest absolute Gasteiger partial charge is 0.326 e. The van der Waals surface area contributed by atoms with Gasteiger partial charge in [0, 0.05) is 19.3 Å². The lowest BCUT2D eigenvalue weighted by Gasteiger charge is -2.30. The molecule has 0 radical (unpaired) electrons. The topological polar surface area (TPSA) is 426 Å². The minimum atomic E-state index is -1.70. The van der Waals surface area contributed by atoms with E-state index < -0.39 is 151 Å². The van der Waals surface area contributed by atoms with Crippen molar-refractivity contribution in [2.45, 2.75) is 167 Å². The number of aliphatic carboxylic acids is 2. The molecule has 0 unspecified atom stereocenters. The van der Waals surface area contributed by atoms with Gasteiger partial charge in [-0.3, -0.25) is 43.2 Å². The number of aliphatic hydroxyl groups excluding tert-OH is 1. The van der Waals surface area contributed by atoms with E-state index in [4.69, 9.17) is 17.2 Å². The standard InChI is InChI=1S/C54H85N11O14/c1-7-32(6)45(53(77)61-39(27-33-15-9-8-10-16-33)49(73)60-40(28-34-19-21-35(67)22-20-34)50(74)64-44(31(4)5)54(78)79)65-48(72)37(18-12-14-26-56)58-47(71)38(23-24-42(68)69)59-51(75)41(29-66)62-52(76)43(30(2)3)63-46(70)36(57)17-11-13-25-55/h8-10,15-16,19-22,30-32,36-41,43-45,66-67H,7,11-14,17-18,23-29,55-57H2,1-6H3,(H,58,71)(H,59,75)(H,60,73)(H,61,77)(H,62,76)(H,63,70)(H,64,74)(H,65,72)(H,68,69)(H,78,79)/t32-,36-,37-,38-,39-,40-,41-,43-,44-,45-/m0/s1. The molecule has 0 bridgehead atoms. The maximum absolute atomic E-state index is 14.5. The highest BCUT2D eigenvalue weighted by Gasteiger charge is 2.37. The molecule has 25 nitrogen and oxygen atoms in total. The van der Waals surface area contributed by atoms with E-state index in [-0.39, 0.29) is 38.0 Å². The monoisotopic (exact) mass is 1110 g/mol. The Balaban J connectivity index is 2.47. The number of phenolic OH excluding ortho intramolecular Hbond substituents is 1. The number of amides is 8. The molecule has 0 spiro atoms. The summed E-state index contributed by atoms with van der Waals surface area (Å²) in [6.45, 7) is 9.48. The molecular formula is C54H85N11O14. The number of carbonyl (C=O) groups excluding carboxylic acids is 8. The molecule has 8 amide bonds. The van der Waals surface area contributed by atoms with Gasteiger partial charge < -0.3 is 80.2 Å². The zero-order chi connectivity index (χ0) is 59.4. The van der Waals surface area contributed by atoms with E-state index >= 15 is 0 Å². The average Bonchev–Trinajstić information content (AvgIpc) is 3.42. The fourth-order valence-electron chi connectivity index (χ4n) is 8.13. The van der Waals surface area contributed by atoms with Crippen molar-refractivity contribution in [2.24, 2.45) is 35.0 Å². The maximum atomic E-state index is 14.5. The molecule has 0 heterocycles. The van der Waals surface area contributed by atoms with E-state index in [1.165, 1.54) is 24.3 Å². The molecule has 0 fully saturated rings. The van der Waals surface area contributed by atoms with E-state index in [1.54, 1.807) is 71.9 Å². The zero-order valence-corrected chi connectivity index (χ0v) is 46.1. The summed E-state index contributed by atoms with van der Waals surface area (Å²) in [5, 5.41) is 60.1. The summed E-state index contributed by atoms with van der Waals surface area (Å²) in [6.07, 6.45) is 0.986. The fourth-order valence-corrected chi connectivity index (χ4v) is 8.13. The molecular weight excluding hydrogens is 1030 g/mol. The van der Waals surface area contributed by atoms with Crippen LogP contribution < -0.4 is 59.7 Å². The second kappa shape index (κ2) is 35.3. The number of phenols is 1. The van der Waals surface area contributed by atoms with Gasteiger partial charge in [0.1, 0.15) is 54.1 Å². The number of hydrogen-bond acceptors (Lipinski definition) is 15. The second-order valence-corrected chi connectivity index (χ2v) is 20.3. The van der Waals surface area contributed by atoms with Crippen LogP contribution in [0.1, 0.15) is 110 Å². The number of aromatic hydroxyl groups is 1. The molecule has 0 aromatic heterocycles. The van der Waals surface area contributed by atoms with E-state index in [0.717, 1.165) is 0 Å². The Morgan fingerprint density at radius 2 is 0.899 bits per heavy atom. The van der Waals surface area contributed by atoms with Crippen LogP contribution in [0.25, 0.3) is 0 Å². The van der Waals surface area contributed by atoms with Crippen molar-refractivity contribution < 1.29 is 68.4 Å². The SMILES string of the molecule is CC[C@H](C)[C@H](NC(=O)[C@H](CCCCN)NC(=O)[C@H](CCC(=O)O)NC(=O)[C@H](CO)NC(=O)[C@@H](NC(=O)[C@@H](N)CCCCN)C(C)C)C(=O)N[C@@H](Cc1ccccc1)C(=O)N[C@@H](Cc1ccc(O)cc1)C(=O)N[C@H](C(=O)O)C(C)C. The van der Waals surface area contributed by atoms with Crippen molar-refractivity contribution in [1.29, 1.82) is 0 Å². The van der Waals surface area contributed by atoms with Gasteiger partial charge in [-0.1, -0.05) is 96.8 Å². The molecule has 0 saturated carbocycles. The summed E-state index contributed by atoms with van der Waals surface area (Å²) in [7, 11) is 0. The molecule has 10 atom stereocenters. The number of carboxylic acids is 2. The average molecular weight is 1110 g/mol. The Kier molecular flexibility index (Phi) is 30.4. The Hall–Kier alpha value is -7.22. The molecule has 0 aliphatic rings. The van der Waals surface area contributed by atoms with Gasteiger partial charge in [0.2, 0.25) is 47.3 Å². The van der Waals surface area contributed by atoms with Gasteiger partial charge >= 0.3 is 11.9 Å². The van der Waals surface area contributed by atoms with Gasteiger partial charge in [0.25, 0.3) is 0 Å². The van der Waals surface area contributed by atoms with E-state index in [1.807, 2.05) is 0 Å². The Morgan fingerprint density at radius 1 is 0.481 bits per heavy atom. The van der Waals surface area contributed by atoms with Crippen LogP contribution in [-0.2, 0) is 60.8 Å². The highest BCUT2D eigenvalue weighted by atomic mass is 16.4. The Labute approximate surface area is 461 Å². The van der Waals surface area contributed by atoms with Crippen molar-refractivity contribution in [1.82, 2.24) is 42.5 Å². The molecule has 2 rings (SSSR count). The highest BCUT2D eigenvalue weighted by molar-refractivity contribution is 5.98. The van der Waals surface area contributed by atoms with Crippen molar-refractivity contribution in [3.8, 4) is 5.75 Å². The number of aliphatic hydroxyl groups is 1. The lowest BCUT2D eigenvalue weighted by Crippen LogP contribution is -2.62. The number of unbranched alkanes of at least 4 members (excludes halogenated alkanes) is 2. The third-order valence-corrected chi connectivity index (χ3v) is 13.2. The Bertz CT molecular complexity index is 2310. The molecule has 2 aromatic rings. The first-order valence-corrected chi connectivity index (χ1v) is 26.8. The quantitative estimate of drug-likeness (QED) is 0.0359. The number of benzene rings is 2. The first-order chi connectivity index (χ1) is 37.4. The summed E-state index contributed by atoms with van der Waals surface area (Å²) in [5.74, 6) is -11.4. The number of hydrogen-bond donors (Lipinski definition) is 15. The fraction of sp³-hybridized carbons (Fsp3) is 0.593. The van der Waals surface area contributed by atoms with Gasteiger partial charge in [0.05, 0.1) is 12.6 Å². The lowest BCUT2D eigenvalue weighted by atomic mass is 9.96. The van der Waals surface area contributed by atoms with Crippen LogP contribution in [0.3, 0.4) is 0 Å². The molecule has 79 heavy (non-hydrogen) atoms. The summed E-state index contributed by atoms with van der Waals surface area (Å²) >= 11 is 0. The molecule has 25 heteroatoms. The van der Waals surface area contributed by atoms with Crippen molar-refractivity contribution in [3.63, 3.8) is 0 Å². The Morgan fingerprint density at radius 3 is 1.41 bits per heavy atom. The van der Waals surface area contributed by atoms with Crippen LogP contribution in [0.5, 0.6) is 5.75 Å². The molecule has 440 valence electrons. The predicted molar refractivity (Wildman–Crippen MR) is 292 cm³/mol. The van der Waals surface area contributed by atoms with Gasteiger partial charge in [-0.2, -0.15) is 0 Å². The van der Waals surface area contributed by atoms with Gasteiger partial charge in [-0.25, -0.2) is 4.79 Å². The normalized spacial score (nSPS) is 15.0. The molecule has 2 aromatic carbocycles. The van der Waals surface area contributed by atoms with Crippen molar-refractivity contribution >= 4 is 59.2 Å². The third kappa shape index (κ3) is 24.1. The van der Waals surface area contributed by atoms with Crippen molar-refractivity contribution in [3.05, 3.63) is 65.7 Å².